The number of aromatic nitrogens is 5. The molecule has 2 N–H and O–H groups in total. The molecule has 0 fully saturated rings. The van der Waals surface area contributed by atoms with Crippen molar-refractivity contribution in [3.05, 3.63) is 78.6 Å². The second kappa shape index (κ2) is 12.5. The highest BCUT2D eigenvalue weighted by atomic mass is 19.4. The highest BCUT2D eigenvalue weighted by Gasteiger charge is 2.28. The number of hydrogen-bond acceptors (Lipinski definition) is 7. The first-order chi connectivity index (χ1) is 18.7. The van der Waals surface area contributed by atoms with Crippen molar-refractivity contribution in [2.75, 3.05) is 11.9 Å². The summed E-state index contributed by atoms with van der Waals surface area (Å²) in [5.41, 5.74) is 4.10. The van der Waals surface area contributed by atoms with Gasteiger partial charge in [-0.2, -0.15) is 18.3 Å². The van der Waals surface area contributed by atoms with E-state index in [0.29, 0.717) is 35.1 Å². The first kappa shape index (κ1) is 27.7. The van der Waals surface area contributed by atoms with E-state index in [1.165, 1.54) is 12.7 Å². The molecule has 3 aromatic heterocycles. The van der Waals surface area contributed by atoms with Crippen LogP contribution in [0.1, 0.15) is 38.1 Å². The van der Waals surface area contributed by atoms with Crippen LogP contribution in [0.25, 0.3) is 16.9 Å². The van der Waals surface area contributed by atoms with E-state index in [9.17, 15) is 13.2 Å². The summed E-state index contributed by atoms with van der Waals surface area (Å²) in [6.45, 7) is 4.72. The van der Waals surface area contributed by atoms with E-state index in [1.807, 2.05) is 44.2 Å². The zero-order valence-electron chi connectivity index (χ0n) is 21.7. The summed E-state index contributed by atoms with van der Waals surface area (Å²) in [5, 5.41) is 9.67. The zero-order chi connectivity index (χ0) is 27.8. The molecule has 0 radical (unpaired) electrons. The third-order valence-corrected chi connectivity index (χ3v) is 5.54. The SMILES string of the molecule is CC(C)Oc1ccc(-c2ccc(NC=NCc3ccc(-n4cncn4)cc3)c(C(C)NCC(F)(F)F)n2)cn1. The molecule has 3 heterocycles. The standard InChI is InChI=1S/C27H29F3N8O/c1-18(2)39-25-11-6-21(13-33-25)23-9-10-24(26(37-23)19(3)34-14-27(28,29)30)35-15-31-12-20-4-7-22(8-5-20)38-17-32-16-36-38/h4-11,13,15-19,34H,12,14H2,1-3H3,(H,31,35). The summed E-state index contributed by atoms with van der Waals surface area (Å²) >= 11 is 0. The van der Waals surface area contributed by atoms with Crippen molar-refractivity contribution in [3.8, 4) is 22.8 Å². The number of benzene rings is 1. The molecule has 204 valence electrons. The summed E-state index contributed by atoms with van der Waals surface area (Å²) in [7, 11) is 0. The number of alkyl halides is 3. The van der Waals surface area contributed by atoms with Crippen molar-refractivity contribution in [1.29, 1.82) is 0 Å². The molecule has 0 saturated heterocycles. The fourth-order valence-electron chi connectivity index (χ4n) is 3.66. The topological polar surface area (TPSA) is 102 Å². The zero-order valence-corrected chi connectivity index (χ0v) is 21.7. The average molecular weight is 539 g/mol. The molecule has 39 heavy (non-hydrogen) atoms. The lowest BCUT2D eigenvalue weighted by atomic mass is 10.1. The Balaban J connectivity index is 1.48. The van der Waals surface area contributed by atoms with E-state index in [0.717, 1.165) is 11.3 Å². The van der Waals surface area contributed by atoms with Crippen LogP contribution in [0.15, 0.2) is 72.4 Å². The van der Waals surface area contributed by atoms with Gasteiger partial charge in [0.05, 0.1) is 48.3 Å². The Morgan fingerprint density at radius 1 is 1.05 bits per heavy atom. The molecule has 0 aliphatic heterocycles. The number of anilines is 1. The number of ether oxygens (including phenoxy) is 1. The van der Waals surface area contributed by atoms with Gasteiger partial charge in [0.15, 0.2) is 0 Å². The maximum Gasteiger partial charge on any atom is 0.401 e. The van der Waals surface area contributed by atoms with Crippen molar-refractivity contribution in [2.45, 2.75) is 45.6 Å². The molecule has 0 aliphatic carbocycles. The van der Waals surface area contributed by atoms with Gasteiger partial charge in [0.2, 0.25) is 5.88 Å². The fraction of sp³-hybridized carbons (Fsp3) is 0.296. The van der Waals surface area contributed by atoms with E-state index >= 15 is 0 Å². The molecule has 0 bridgehead atoms. The van der Waals surface area contributed by atoms with Crippen LogP contribution >= 0.6 is 0 Å². The third kappa shape index (κ3) is 8.08. The summed E-state index contributed by atoms with van der Waals surface area (Å²) in [6, 6.07) is 14.1. The van der Waals surface area contributed by atoms with E-state index in [2.05, 4.69) is 35.7 Å². The molecule has 4 aromatic rings. The minimum Gasteiger partial charge on any atom is -0.475 e. The van der Waals surface area contributed by atoms with E-state index in [1.54, 1.807) is 42.3 Å². The van der Waals surface area contributed by atoms with Gasteiger partial charge in [-0.15, -0.1) is 0 Å². The highest BCUT2D eigenvalue weighted by Crippen LogP contribution is 2.27. The van der Waals surface area contributed by atoms with Crippen LogP contribution in [0.5, 0.6) is 5.88 Å². The monoisotopic (exact) mass is 538 g/mol. The Morgan fingerprint density at radius 2 is 1.85 bits per heavy atom. The lowest BCUT2D eigenvalue weighted by Gasteiger charge is -2.19. The number of nitrogens with zero attached hydrogens (tertiary/aromatic N) is 6. The van der Waals surface area contributed by atoms with Gasteiger partial charge >= 0.3 is 6.18 Å². The molecule has 1 aromatic carbocycles. The molecule has 1 unspecified atom stereocenters. The number of halogens is 3. The number of hydrogen-bond donors (Lipinski definition) is 2. The summed E-state index contributed by atoms with van der Waals surface area (Å²) in [5.74, 6) is 0.483. The van der Waals surface area contributed by atoms with Crippen molar-refractivity contribution in [3.63, 3.8) is 0 Å². The quantitative estimate of drug-likeness (QED) is 0.196. The van der Waals surface area contributed by atoms with Crippen LogP contribution in [0.2, 0.25) is 0 Å². The van der Waals surface area contributed by atoms with Gasteiger partial charge in [-0.25, -0.2) is 19.6 Å². The average Bonchev–Trinajstić information content (AvgIpc) is 3.45. The smallest absolute Gasteiger partial charge is 0.401 e. The van der Waals surface area contributed by atoms with Gasteiger partial charge in [0, 0.05) is 23.9 Å². The maximum atomic E-state index is 12.9. The Kier molecular flexibility index (Phi) is 8.87. The number of pyridine rings is 2. The predicted molar refractivity (Wildman–Crippen MR) is 143 cm³/mol. The first-order valence-electron chi connectivity index (χ1n) is 12.3. The largest absolute Gasteiger partial charge is 0.475 e. The Morgan fingerprint density at radius 3 is 2.49 bits per heavy atom. The molecule has 0 amide bonds. The molecule has 0 spiro atoms. The van der Waals surface area contributed by atoms with Crippen molar-refractivity contribution in [2.24, 2.45) is 4.99 Å². The van der Waals surface area contributed by atoms with Crippen LogP contribution in [0, 0.1) is 0 Å². The molecule has 12 heteroatoms. The van der Waals surface area contributed by atoms with Gasteiger partial charge in [-0.1, -0.05) is 12.1 Å². The maximum absolute atomic E-state index is 12.9. The Hall–Kier alpha value is -4.32. The number of rotatable bonds is 11. The molecular formula is C27H29F3N8O. The molecular weight excluding hydrogens is 509 g/mol. The minimum absolute atomic E-state index is 0.0142. The Bertz CT molecular complexity index is 1360. The van der Waals surface area contributed by atoms with Crippen LogP contribution in [0.3, 0.4) is 0 Å². The van der Waals surface area contributed by atoms with Gasteiger partial charge in [-0.3, -0.25) is 4.99 Å². The minimum atomic E-state index is -4.35. The summed E-state index contributed by atoms with van der Waals surface area (Å²) < 4.78 is 45.9. The van der Waals surface area contributed by atoms with E-state index < -0.39 is 18.8 Å². The fourth-order valence-corrected chi connectivity index (χ4v) is 3.66. The van der Waals surface area contributed by atoms with Crippen LogP contribution in [0.4, 0.5) is 18.9 Å². The van der Waals surface area contributed by atoms with Gasteiger partial charge in [-0.05, 0) is 56.7 Å². The number of aliphatic imine (C=N–C) groups is 1. The summed E-state index contributed by atoms with van der Waals surface area (Å²) in [4.78, 5) is 17.3. The first-order valence-corrected chi connectivity index (χ1v) is 12.3. The second-order valence-corrected chi connectivity index (χ2v) is 9.02. The van der Waals surface area contributed by atoms with E-state index in [-0.39, 0.29) is 6.10 Å². The van der Waals surface area contributed by atoms with Crippen molar-refractivity contribution < 1.29 is 17.9 Å². The van der Waals surface area contributed by atoms with Crippen LogP contribution in [-0.4, -0.2) is 49.9 Å². The van der Waals surface area contributed by atoms with Crippen LogP contribution in [-0.2, 0) is 6.54 Å². The number of nitrogens with one attached hydrogen (secondary N) is 2. The lowest BCUT2D eigenvalue weighted by Crippen LogP contribution is -2.31. The van der Waals surface area contributed by atoms with Gasteiger partial charge < -0.3 is 15.4 Å². The van der Waals surface area contributed by atoms with Gasteiger partial charge in [0.1, 0.15) is 12.7 Å². The molecule has 0 saturated carbocycles. The summed E-state index contributed by atoms with van der Waals surface area (Å²) in [6.07, 6.45) is 1.86. The predicted octanol–water partition coefficient (Wildman–Crippen LogP) is 5.36. The van der Waals surface area contributed by atoms with Crippen molar-refractivity contribution >= 4 is 12.0 Å². The molecule has 1 atom stereocenters. The Labute approximate surface area is 224 Å². The second-order valence-electron chi connectivity index (χ2n) is 9.02. The molecule has 4 rings (SSSR count). The molecule has 0 aliphatic rings. The van der Waals surface area contributed by atoms with Crippen molar-refractivity contribution in [1.82, 2.24) is 30.0 Å². The third-order valence-electron chi connectivity index (χ3n) is 5.54. The van der Waals surface area contributed by atoms with E-state index in [4.69, 9.17) is 4.74 Å². The lowest BCUT2D eigenvalue weighted by molar-refractivity contribution is -0.126. The van der Waals surface area contributed by atoms with Crippen LogP contribution < -0.4 is 15.4 Å². The normalized spacial score (nSPS) is 12.7. The highest BCUT2D eigenvalue weighted by molar-refractivity contribution is 5.78. The van der Waals surface area contributed by atoms with Gasteiger partial charge in [0.25, 0.3) is 0 Å². The molecule has 9 nitrogen and oxygen atoms in total.